The molecule has 4 aromatic rings. The number of fused-ring (bicyclic) bond motifs is 1. The molecule has 8 nitrogen and oxygen atoms in total. The lowest BCUT2D eigenvalue weighted by atomic mass is 10.0. The van der Waals surface area contributed by atoms with Crippen molar-refractivity contribution < 1.29 is 9.59 Å². The number of aryl methyl sites for hydroxylation is 1. The number of aromatic nitrogens is 2. The second-order valence-corrected chi connectivity index (χ2v) is 9.45. The van der Waals surface area contributed by atoms with Crippen LogP contribution in [0.1, 0.15) is 16.7 Å². The van der Waals surface area contributed by atoms with Crippen LogP contribution in [0.15, 0.2) is 90.1 Å². The Morgan fingerprint density at radius 2 is 1.79 bits per heavy atom. The molecular weight excluding hydrogens is 544 g/mol. The second-order valence-electron chi connectivity index (χ2n) is 8.54. The Labute approximate surface area is 228 Å². The van der Waals surface area contributed by atoms with Crippen LogP contribution in [-0.2, 0) is 9.59 Å². The predicted molar refractivity (Wildman–Crippen MR) is 156 cm³/mol. The highest BCUT2D eigenvalue weighted by Gasteiger charge is 2.24. The summed E-state index contributed by atoms with van der Waals surface area (Å²) in [5.74, 6) is 0.498. The van der Waals surface area contributed by atoms with Crippen LogP contribution in [0.5, 0.6) is 0 Å². The van der Waals surface area contributed by atoms with E-state index in [1.54, 1.807) is 12.3 Å². The van der Waals surface area contributed by atoms with Gasteiger partial charge in [0.05, 0.1) is 11.4 Å². The molecule has 0 spiro atoms. The topological polar surface area (TPSA) is 108 Å². The Hall–Kier alpha value is -4.76. The van der Waals surface area contributed by atoms with Gasteiger partial charge in [-0.25, -0.2) is 4.98 Å². The summed E-state index contributed by atoms with van der Waals surface area (Å²) in [6, 6.07) is 20.7. The molecule has 0 radical (unpaired) electrons. The first-order chi connectivity index (χ1) is 18.4. The van der Waals surface area contributed by atoms with E-state index in [1.165, 1.54) is 6.08 Å². The van der Waals surface area contributed by atoms with E-state index in [4.69, 9.17) is 0 Å². The molecule has 188 valence electrons. The summed E-state index contributed by atoms with van der Waals surface area (Å²) in [5, 5.41) is 12.2. The maximum absolute atomic E-state index is 12.7. The Morgan fingerprint density at radius 1 is 1.03 bits per heavy atom. The molecule has 2 amide bonds. The highest BCUT2D eigenvalue weighted by Crippen LogP contribution is 2.36. The van der Waals surface area contributed by atoms with Crippen LogP contribution in [0.3, 0.4) is 0 Å². The minimum absolute atomic E-state index is 0.152. The van der Waals surface area contributed by atoms with Gasteiger partial charge in [-0.2, -0.15) is 4.98 Å². The van der Waals surface area contributed by atoms with Gasteiger partial charge >= 0.3 is 0 Å². The number of para-hydroxylation sites is 2. The van der Waals surface area contributed by atoms with Gasteiger partial charge in [0.2, 0.25) is 11.9 Å². The van der Waals surface area contributed by atoms with Gasteiger partial charge in [0.15, 0.2) is 0 Å². The van der Waals surface area contributed by atoms with Gasteiger partial charge in [-0.3, -0.25) is 9.59 Å². The lowest BCUT2D eigenvalue weighted by Crippen LogP contribution is -2.10. The Balaban J connectivity index is 1.40. The molecule has 4 N–H and O–H groups in total. The molecule has 1 aromatic heterocycles. The van der Waals surface area contributed by atoms with Gasteiger partial charge in [-0.15, -0.1) is 0 Å². The Morgan fingerprint density at radius 3 is 2.55 bits per heavy atom. The van der Waals surface area contributed by atoms with Crippen LogP contribution in [0.25, 0.3) is 11.6 Å². The molecule has 0 saturated carbocycles. The van der Waals surface area contributed by atoms with E-state index in [-0.39, 0.29) is 11.8 Å². The summed E-state index contributed by atoms with van der Waals surface area (Å²) in [6.45, 7) is 5.39. The summed E-state index contributed by atoms with van der Waals surface area (Å²) in [4.78, 5) is 33.5. The number of carbonyl (C=O) groups is 2. The van der Waals surface area contributed by atoms with Gasteiger partial charge < -0.3 is 21.3 Å². The van der Waals surface area contributed by atoms with Crippen molar-refractivity contribution in [2.45, 2.75) is 6.92 Å². The van der Waals surface area contributed by atoms with E-state index in [9.17, 15) is 9.59 Å². The molecule has 9 heteroatoms. The average molecular weight is 567 g/mol. The first kappa shape index (κ1) is 24.9. The quantitative estimate of drug-likeness (QED) is 0.186. The van der Waals surface area contributed by atoms with Crippen molar-refractivity contribution in [3.63, 3.8) is 0 Å². The molecule has 1 aliphatic rings. The first-order valence-corrected chi connectivity index (χ1v) is 12.5. The molecule has 0 aliphatic carbocycles. The van der Waals surface area contributed by atoms with Crippen LogP contribution >= 0.6 is 15.9 Å². The van der Waals surface area contributed by atoms with Gasteiger partial charge in [0.1, 0.15) is 5.82 Å². The number of anilines is 6. The third-order valence-corrected chi connectivity index (χ3v) is 6.36. The molecule has 0 atom stereocenters. The molecule has 0 bridgehead atoms. The average Bonchev–Trinajstić information content (AvgIpc) is 3.22. The molecule has 38 heavy (non-hydrogen) atoms. The molecule has 3 aromatic carbocycles. The molecule has 0 saturated heterocycles. The van der Waals surface area contributed by atoms with E-state index in [1.807, 2.05) is 73.7 Å². The van der Waals surface area contributed by atoms with Crippen molar-refractivity contribution in [3.8, 4) is 0 Å². The number of carbonyl (C=O) groups excluding carboxylic acids is 2. The number of nitrogens with zero attached hydrogens (tertiary/aromatic N) is 2. The fourth-order valence-corrected chi connectivity index (χ4v) is 4.17. The number of hydrogen-bond acceptors (Lipinski definition) is 6. The number of benzene rings is 3. The lowest BCUT2D eigenvalue weighted by Gasteiger charge is -2.14. The van der Waals surface area contributed by atoms with Crippen molar-refractivity contribution in [2.75, 3.05) is 21.3 Å². The van der Waals surface area contributed by atoms with Crippen LogP contribution in [-0.4, -0.2) is 21.8 Å². The van der Waals surface area contributed by atoms with Gasteiger partial charge in [0.25, 0.3) is 5.91 Å². The van der Waals surface area contributed by atoms with E-state index < -0.39 is 0 Å². The van der Waals surface area contributed by atoms with Crippen molar-refractivity contribution >= 4 is 73.9 Å². The SMILES string of the molecule is C=CC(=O)Nc1ccccc1Nc1nc(Nc2ccc3c(c2)/C(=C/c2ccc(Br)cc2)C(=O)N3)ncc1C. The minimum atomic E-state index is -0.306. The molecular formula is C29H23BrN6O2. The maximum Gasteiger partial charge on any atom is 0.256 e. The maximum atomic E-state index is 12.7. The minimum Gasteiger partial charge on any atom is -0.338 e. The highest BCUT2D eigenvalue weighted by molar-refractivity contribution is 9.10. The van der Waals surface area contributed by atoms with E-state index >= 15 is 0 Å². The predicted octanol–water partition coefficient (Wildman–Crippen LogP) is 6.65. The van der Waals surface area contributed by atoms with Crippen LogP contribution in [0.4, 0.5) is 34.5 Å². The van der Waals surface area contributed by atoms with E-state index in [2.05, 4.69) is 53.7 Å². The van der Waals surface area contributed by atoms with E-state index in [0.29, 0.717) is 28.7 Å². The monoisotopic (exact) mass is 566 g/mol. The number of amides is 2. The number of nitrogens with one attached hydrogen (secondary N) is 4. The molecule has 1 aliphatic heterocycles. The van der Waals surface area contributed by atoms with Crippen molar-refractivity contribution in [2.24, 2.45) is 0 Å². The number of rotatable bonds is 7. The fourth-order valence-electron chi connectivity index (χ4n) is 3.91. The summed E-state index contributed by atoms with van der Waals surface area (Å²) >= 11 is 3.44. The lowest BCUT2D eigenvalue weighted by molar-refractivity contribution is -0.112. The highest BCUT2D eigenvalue weighted by atomic mass is 79.9. The summed E-state index contributed by atoms with van der Waals surface area (Å²) in [6.07, 6.45) is 4.79. The molecule has 0 fully saturated rings. The normalized spacial score (nSPS) is 13.0. The zero-order chi connectivity index (χ0) is 26.6. The molecule has 2 heterocycles. The summed E-state index contributed by atoms with van der Waals surface area (Å²) < 4.78 is 0.972. The standard InChI is InChI=1S/C29H23BrN6O2/c1-3-26(37)33-24-6-4-5-7-25(24)34-27-17(2)16-31-29(36-27)32-20-12-13-23-21(15-20)22(28(38)35-23)14-18-8-10-19(30)11-9-18/h3-16H,1H2,2H3,(H,33,37)(H,35,38)(H2,31,32,34,36)/b22-14-. The largest absolute Gasteiger partial charge is 0.338 e. The van der Waals surface area contributed by atoms with Crippen molar-refractivity contribution in [3.05, 3.63) is 107 Å². The Kier molecular flexibility index (Phi) is 7.01. The van der Waals surface area contributed by atoms with Crippen LogP contribution < -0.4 is 21.3 Å². The van der Waals surface area contributed by atoms with Gasteiger partial charge in [-0.1, -0.05) is 46.8 Å². The first-order valence-electron chi connectivity index (χ1n) is 11.7. The molecule has 5 rings (SSSR count). The molecule has 0 unspecified atom stereocenters. The van der Waals surface area contributed by atoms with Gasteiger partial charge in [-0.05, 0) is 67.1 Å². The summed E-state index contributed by atoms with van der Waals surface area (Å²) in [5.41, 5.74) is 5.88. The van der Waals surface area contributed by atoms with Crippen LogP contribution in [0, 0.1) is 6.92 Å². The van der Waals surface area contributed by atoms with Crippen molar-refractivity contribution in [1.82, 2.24) is 9.97 Å². The van der Waals surface area contributed by atoms with Gasteiger partial charge in [0, 0.05) is 38.7 Å². The van der Waals surface area contributed by atoms with Crippen molar-refractivity contribution in [1.29, 1.82) is 0 Å². The van der Waals surface area contributed by atoms with Crippen LogP contribution in [0.2, 0.25) is 0 Å². The third-order valence-electron chi connectivity index (χ3n) is 5.83. The number of halogens is 1. The Bertz CT molecular complexity index is 1600. The fraction of sp³-hybridized carbons (Fsp3) is 0.0345. The zero-order valence-electron chi connectivity index (χ0n) is 20.4. The number of hydrogen-bond donors (Lipinski definition) is 4. The second kappa shape index (κ2) is 10.7. The van der Waals surface area contributed by atoms with E-state index in [0.717, 1.165) is 32.5 Å². The third kappa shape index (κ3) is 5.47. The smallest absolute Gasteiger partial charge is 0.256 e. The zero-order valence-corrected chi connectivity index (χ0v) is 22.0. The summed E-state index contributed by atoms with van der Waals surface area (Å²) in [7, 11) is 0.